The maximum Gasteiger partial charge on any atom is 0.135 e. The quantitative estimate of drug-likeness (QED) is 0.151. The number of furan rings is 1. The summed E-state index contributed by atoms with van der Waals surface area (Å²) in [4.78, 5) is 2.48. The summed E-state index contributed by atoms with van der Waals surface area (Å²) in [6.07, 6.45) is 0. The van der Waals surface area contributed by atoms with Gasteiger partial charge in [-0.25, -0.2) is 0 Å². The topological polar surface area (TPSA) is 16.4 Å². The summed E-state index contributed by atoms with van der Waals surface area (Å²) in [5.41, 5.74) is 21.2. The molecule has 2 aliphatic carbocycles. The average Bonchev–Trinajstić information content (AvgIpc) is 3.98. The lowest BCUT2D eigenvalue weighted by Crippen LogP contribution is -2.44. The molecule has 0 amide bonds. The van der Waals surface area contributed by atoms with Crippen molar-refractivity contribution in [3.63, 3.8) is 0 Å². The summed E-state index contributed by atoms with van der Waals surface area (Å²) in [5, 5.41) is 2.25. The fourth-order valence-electron chi connectivity index (χ4n) is 12.4. The highest BCUT2D eigenvalue weighted by atomic mass is 16.3. The SMILES string of the molecule is c1ccc(-c2ccc(N(c3ccc(-c4ccc5oc6ccccc6c5c4)cc3)c3ccccc3C3(c4ccccc4)c4ccccc4C4(c5ccccc5)c5ccccc5-c5cccc3c54)cc2)cc1. The molecule has 11 aromatic carbocycles. The van der Waals surface area contributed by atoms with Crippen molar-refractivity contribution in [1.29, 1.82) is 0 Å². The molecule has 1 aromatic heterocycles. The highest BCUT2D eigenvalue weighted by Crippen LogP contribution is 2.66. The molecule has 2 heteroatoms. The molecule has 0 N–H and O–H groups in total. The van der Waals surface area contributed by atoms with Crippen LogP contribution >= 0.6 is 0 Å². The molecule has 12 aromatic rings. The molecule has 1 heterocycles. The Morgan fingerprint density at radius 2 is 0.757 bits per heavy atom. The van der Waals surface area contributed by atoms with E-state index in [0.717, 1.165) is 50.1 Å². The van der Waals surface area contributed by atoms with E-state index in [1.807, 2.05) is 12.1 Å². The number of benzene rings is 11. The first-order valence-corrected chi connectivity index (χ1v) is 24.2. The Bertz CT molecular complexity index is 3930. The third kappa shape index (κ3) is 5.74. The van der Waals surface area contributed by atoms with Crippen LogP contribution in [0.25, 0.3) is 55.3 Å². The number of rotatable bonds is 8. The van der Waals surface area contributed by atoms with E-state index in [1.165, 1.54) is 66.8 Å². The Morgan fingerprint density at radius 1 is 0.286 bits per heavy atom. The molecule has 0 saturated carbocycles. The van der Waals surface area contributed by atoms with Gasteiger partial charge in [-0.1, -0.05) is 224 Å². The van der Waals surface area contributed by atoms with Crippen LogP contribution in [0.15, 0.2) is 277 Å². The van der Waals surface area contributed by atoms with Crippen molar-refractivity contribution in [2.75, 3.05) is 4.90 Å². The second kappa shape index (κ2) is 15.8. The minimum absolute atomic E-state index is 0.540. The lowest BCUT2D eigenvalue weighted by atomic mass is 9.51. The predicted molar refractivity (Wildman–Crippen MR) is 288 cm³/mol. The molecule has 0 fully saturated rings. The van der Waals surface area contributed by atoms with Crippen LogP contribution < -0.4 is 4.90 Å². The predicted octanol–water partition coefficient (Wildman–Crippen LogP) is 17.4. The normalized spacial score (nSPS) is 16.4. The maximum absolute atomic E-state index is 6.23. The third-order valence-electron chi connectivity index (χ3n) is 15.2. The molecule has 328 valence electrons. The molecule has 14 rings (SSSR count). The van der Waals surface area contributed by atoms with Gasteiger partial charge in [-0.3, -0.25) is 0 Å². The van der Waals surface area contributed by atoms with E-state index in [-0.39, 0.29) is 0 Å². The summed E-state index contributed by atoms with van der Waals surface area (Å²) in [6, 6.07) is 101. The minimum atomic E-state index is -0.745. The molecule has 0 saturated heterocycles. The van der Waals surface area contributed by atoms with Crippen molar-refractivity contribution < 1.29 is 4.42 Å². The summed E-state index contributed by atoms with van der Waals surface area (Å²) in [6.45, 7) is 0. The first-order valence-electron chi connectivity index (χ1n) is 24.2. The van der Waals surface area contributed by atoms with E-state index >= 15 is 0 Å². The maximum atomic E-state index is 6.23. The van der Waals surface area contributed by atoms with Crippen molar-refractivity contribution >= 4 is 39.0 Å². The molecule has 0 spiro atoms. The fraction of sp³-hybridized carbons (Fsp3) is 0.0294. The van der Waals surface area contributed by atoms with Crippen LogP contribution in [-0.2, 0) is 10.8 Å². The van der Waals surface area contributed by atoms with Gasteiger partial charge < -0.3 is 9.32 Å². The van der Waals surface area contributed by atoms with Gasteiger partial charge in [-0.2, -0.15) is 0 Å². The van der Waals surface area contributed by atoms with Gasteiger partial charge in [0.05, 0.1) is 16.5 Å². The lowest BCUT2D eigenvalue weighted by molar-refractivity contribution is 0.627. The van der Waals surface area contributed by atoms with Gasteiger partial charge in [-0.05, 0) is 126 Å². The molecule has 2 unspecified atom stereocenters. The summed E-state index contributed by atoms with van der Waals surface area (Å²) < 4.78 is 6.23. The second-order valence-corrected chi connectivity index (χ2v) is 18.7. The standard InChI is InChI=1S/C68H45NO/c1-4-19-46(20-5-1)47-35-40-52(41-36-47)69(53-42-37-48(38-43-53)49-39-44-65-57(45-49)55-26-11-17-34-64(55)70-65)63-33-16-15-31-61(63)67(50-21-6-2-7-22-50)59-29-13-14-30-60(59)68(51-23-8-3-9-24-51)58-28-12-10-25-54(58)56-27-18-32-62(67)66(56)68/h1-45H. The third-order valence-corrected chi connectivity index (χ3v) is 15.2. The van der Waals surface area contributed by atoms with Crippen molar-refractivity contribution in [3.05, 3.63) is 317 Å². The Morgan fingerprint density at radius 3 is 1.46 bits per heavy atom. The van der Waals surface area contributed by atoms with E-state index < -0.39 is 10.8 Å². The Labute approximate surface area is 408 Å². The van der Waals surface area contributed by atoms with E-state index in [1.54, 1.807) is 0 Å². The second-order valence-electron chi connectivity index (χ2n) is 18.7. The van der Waals surface area contributed by atoms with Gasteiger partial charge >= 0.3 is 0 Å². The zero-order chi connectivity index (χ0) is 46.2. The van der Waals surface area contributed by atoms with Crippen LogP contribution in [-0.4, -0.2) is 0 Å². The van der Waals surface area contributed by atoms with Crippen LogP contribution in [0, 0.1) is 0 Å². The minimum Gasteiger partial charge on any atom is -0.456 e. The molecule has 2 nitrogen and oxygen atoms in total. The molecular weight excluding hydrogens is 847 g/mol. The summed E-state index contributed by atoms with van der Waals surface area (Å²) in [5.74, 6) is 0. The van der Waals surface area contributed by atoms with E-state index in [0.29, 0.717) is 0 Å². The number of nitrogens with zero attached hydrogens (tertiary/aromatic N) is 1. The van der Waals surface area contributed by atoms with Crippen LogP contribution in [0.2, 0.25) is 0 Å². The number of hydrogen-bond donors (Lipinski definition) is 0. The fourth-order valence-corrected chi connectivity index (χ4v) is 12.4. The average molecular weight is 892 g/mol. The van der Waals surface area contributed by atoms with E-state index in [4.69, 9.17) is 4.42 Å². The lowest BCUT2D eigenvalue weighted by Gasteiger charge is -2.50. The van der Waals surface area contributed by atoms with Crippen molar-refractivity contribution in [2.45, 2.75) is 10.8 Å². The number of fused-ring (bicyclic) bond motifs is 8. The first kappa shape index (κ1) is 40.1. The Hall–Kier alpha value is -8.98. The van der Waals surface area contributed by atoms with Gasteiger partial charge in [0.15, 0.2) is 0 Å². The molecule has 0 aliphatic heterocycles. The Kier molecular flexibility index (Phi) is 9.06. The molecule has 2 atom stereocenters. The number of hydrogen-bond acceptors (Lipinski definition) is 2. The van der Waals surface area contributed by atoms with Gasteiger partial charge in [0, 0.05) is 22.1 Å². The van der Waals surface area contributed by atoms with Gasteiger partial charge in [0.2, 0.25) is 0 Å². The Balaban J connectivity index is 1.03. The zero-order valence-electron chi connectivity index (χ0n) is 38.3. The highest BCUT2D eigenvalue weighted by Gasteiger charge is 2.58. The molecule has 70 heavy (non-hydrogen) atoms. The van der Waals surface area contributed by atoms with Gasteiger partial charge in [-0.15, -0.1) is 0 Å². The monoisotopic (exact) mass is 891 g/mol. The molecule has 0 bridgehead atoms. The zero-order valence-corrected chi connectivity index (χ0v) is 38.3. The van der Waals surface area contributed by atoms with Crippen LogP contribution in [0.5, 0.6) is 0 Å². The van der Waals surface area contributed by atoms with Gasteiger partial charge in [0.25, 0.3) is 0 Å². The summed E-state index contributed by atoms with van der Waals surface area (Å²) >= 11 is 0. The smallest absolute Gasteiger partial charge is 0.135 e. The van der Waals surface area contributed by atoms with Crippen LogP contribution in [0.4, 0.5) is 17.1 Å². The molecular formula is C68H45NO. The van der Waals surface area contributed by atoms with E-state index in [9.17, 15) is 0 Å². The van der Waals surface area contributed by atoms with Crippen molar-refractivity contribution in [3.8, 4) is 33.4 Å². The van der Waals surface area contributed by atoms with Crippen LogP contribution in [0.3, 0.4) is 0 Å². The first-order chi connectivity index (χ1) is 34.7. The largest absolute Gasteiger partial charge is 0.456 e. The number of para-hydroxylation sites is 2. The highest BCUT2D eigenvalue weighted by molar-refractivity contribution is 6.06. The van der Waals surface area contributed by atoms with Gasteiger partial charge in [0.1, 0.15) is 11.2 Å². The van der Waals surface area contributed by atoms with Crippen molar-refractivity contribution in [1.82, 2.24) is 0 Å². The molecule has 0 radical (unpaired) electrons. The van der Waals surface area contributed by atoms with Crippen LogP contribution in [0.1, 0.15) is 44.5 Å². The molecule has 2 aliphatic rings. The number of anilines is 3. The van der Waals surface area contributed by atoms with Crippen molar-refractivity contribution in [2.24, 2.45) is 0 Å². The van der Waals surface area contributed by atoms with E-state index in [2.05, 4.69) is 266 Å². The summed E-state index contributed by atoms with van der Waals surface area (Å²) in [7, 11) is 0.